The van der Waals surface area contributed by atoms with Crippen molar-refractivity contribution in [1.29, 1.82) is 0 Å². The fourth-order valence-electron chi connectivity index (χ4n) is 1.89. The number of hydrogen-bond donors (Lipinski definition) is 3. The van der Waals surface area contributed by atoms with Crippen LogP contribution in [0, 0.1) is 0 Å². The number of H-pyrrole nitrogens is 1. The molecule has 0 radical (unpaired) electrons. The third-order valence-electron chi connectivity index (χ3n) is 2.88. The number of thiophene rings is 1. The maximum absolute atomic E-state index is 11.1. The number of rotatable bonds is 6. The molecule has 3 N–H and O–H groups in total. The second kappa shape index (κ2) is 6.23. The predicted octanol–water partition coefficient (Wildman–Crippen LogP) is 2.88. The van der Waals surface area contributed by atoms with Crippen molar-refractivity contribution in [3.05, 3.63) is 32.2 Å². The van der Waals surface area contributed by atoms with Crippen LogP contribution in [-0.2, 0) is 6.54 Å². The molecule has 0 spiro atoms. The second-order valence-corrected chi connectivity index (χ2v) is 6.23. The monoisotopic (exact) mass is 321 g/mol. The van der Waals surface area contributed by atoms with E-state index in [-0.39, 0.29) is 4.87 Å². The zero-order valence-corrected chi connectivity index (χ0v) is 13.1. The molecule has 3 aromatic heterocycles. The molecule has 3 aromatic rings. The third-order valence-corrected chi connectivity index (χ3v) is 4.40. The van der Waals surface area contributed by atoms with Gasteiger partial charge < -0.3 is 15.6 Å². The van der Waals surface area contributed by atoms with Crippen LogP contribution in [0.2, 0.25) is 0 Å². The fraction of sp³-hybridized carbons (Fsp3) is 0.308. The number of nitrogens with zero attached hydrogens (tertiary/aromatic N) is 2. The quantitative estimate of drug-likeness (QED) is 0.650. The van der Waals surface area contributed by atoms with Crippen LogP contribution in [0.5, 0.6) is 0 Å². The van der Waals surface area contributed by atoms with Gasteiger partial charge in [-0.15, -0.1) is 11.3 Å². The van der Waals surface area contributed by atoms with E-state index in [1.165, 1.54) is 0 Å². The lowest BCUT2D eigenvalue weighted by Gasteiger charge is -2.09. The van der Waals surface area contributed by atoms with E-state index >= 15 is 0 Å². The number of anilines is 2. The van der Waals surface area contributed by atoms with Gasteiger partial charge in [-0.3, -0.25) is 4.79 Å². The van der Waals surface area contributed by atoms with Crippen LogP contribution >= 0.6 is 22.7 Å². The van der Waals surface area contributed by atoms with Crippen LogP contribution in [0.15, 0.2) is 21.6 Å². The lowest BCUT2D eigenvalue weighted by molar-refractivity contribution is 0.955. The number of fused-ring (bicyclic) bond motifs is 1. The summed E-state index contributed by atoms with van der Waals surface area (Å²) in [5.41, 5.74) is 0.857. The van der Waals surface area contributed by atoms with Crippen molar-refractivity contribution >= 4 is 44.7 Å². The van der Waals surface area contributed by atoms with Gasteiger partial charge in [0.1, 0.15) is 10.6 Å². The van der Waals surface area contributed by atoms with Crippen molar-refractivity contribution in [2.75, 3.05) is 17.2 Å². The summed E-state index contributed by atoms with van der Waals surface area (Å²) in [5.74, 6) is 1.42. The van der Waals surface area contributed by atoms with Crippen LogP contribution in [0.1, 0.15) is 19.0 Å². The van der Waals surface area contributed by atoms with Gasteiger partial charge in [0, 0.05) is 17.6 Å². The van der Waals surface area contributed by atoms with Crippen molar-refractivity contribution in [3.63, 3.8) is 0 Å². The molecule has 3 heterocycles. The molecule has 0 saturated carbocycles. The molecular weight excluding hydrogens is 306 g/mol. The van der Waals surface area contributed by atoms with Crippen LogP contribution < -0.4 is 15.5 Å². The summed E-state index contributed by atoms with van der Waals surface area (Å²) in [7, 11) is 0. The van der Waals surface area contributed by atoms with Gasteiger partial charge in [0.15, 0.2) is 0 Å². The molecule has 6 nitrogen and oxygen atoms in total. The van der Waals surface area contributed by atoms with Crippen LogP contribution in [0.3, 0.4) is 0 Å². The lowest BCUT2D eigenvalue weighted by Crippen LogP contribution is -2.08. The average molecular weight is 321 g/mol. The highest BCUT2D eigenvalue weighted by Crippen LogP contribution is 2.26. The molecule has 3 rings (SSSR count). The third kappa shape index (κ3) is 3.22. The summed E-state index contributed by atoms with van der Waals surface area (Å²) in [5, 5.41) is 11.3. The molecule has 0 bridgehead atoms. The predicted molar refractivity (Wildman–Crippen MR) is 88.5 cm³/mol. The normalized spacial score (nSPS) is 10.9. The van der Waals surface area contributed by atoms with Gasteiger partial charge in [-0.2, -0.15) is 4.98 Å². The Balaban J connectivity index is 1.84. The van der Waals surface area contributed by atoms with Gasteiger partial charge in [-0.05, 0) is 17.9 Å². The van der Waals surface area contributed by atoms with E-state index in [1.807, 2.05) is 16.8 Å². The molecule has 110 valence electrons. The number of aromatic amines is 1. The van der Waals surface area contributed by atoms with Crippen molar-refractivity contribution in [3.8, 4) is 0 Å². The first-order valence-electron chi connectivity index (χ1n) is 6.66. The van der Waals surface area contributed by atoms with Gasteiger partial charge in [0.25, 0.3) is 0 Å². The molecule has 0 aromatic carbocycles. The molecule has 0 atom stereocenters. The standard InChI is InChI=1S/C13H15N5OS2/c1-2-4-14-12-17-10(9-3-5-20-11(9)18-12)15-6-8-7-21-13(19)16-8/h3,5,7H,2,4,6H2,1H3,(H,16,19)(H2,14,15,17,18). The maximum Gasteiger partial charge on any atom is 0.304 e. The molecular formula is C13H15N5OS2. The molecule has 0 saturated heterocycles. The summed E-state index contributed by atoms with van der Waals surface area (Å²) in [4.78, 5) is 23.8. The topological polar surface area (TPSA) is 82.7 Å². The van der Waals surface area contributed by atoms with E-state index in [9.17, 15) is 4.79 Å². The highest BCUT2D eigenvalue weighted by atomic mass is 32.1. The number of thiazole rings is 1. The van der Waals surface area contributed by atoms with E-state index < -0.39 is 0 Å². The van der Waals surface area contributed by atoms with E-state index in [4.69, 9.17) is 0 Å². The Bertz CT molecular complexity index is 791. The molecule has 0 aliphatic rings. The summed E-state index contributed by atoms with van der Waals surface area (Å²) < 4.78 is 0. The first kappa shape index (κ1) is 14.0. The summed E-state index contributed by atoms with van der Waals surface area (Å²) in [6.45, 7) is 3.48. The van der Waals surface area contributed by atoms with Gasteiger partial charge >= 0.3 is 4.87 Å². The van der Waals surface area contributed by atoms with Crippen molar-refractivity contribution in [1.82, 2.24) is 15.0 Å². The SMILES string of the molecule is CCCNc1nc(NCc2csc(=O)[nH]2)c2ccsc2n1. The Morgan fingerprint density at radius 3 is 2.95 bits per heavy atom. The largest absolute Gasteiger partial charge is 0.364 e. The van der Waals surface area contributed by atoms with E-state index in [2.05, 4.69) is 32.5 Å². The van der Waals surface area contributed by atoms with E-state index in [1.54, 1.807) is 11.3 Å². The molecule has 8 heteroatoms. The number of hydrogen-bond acceptors (Lipinski definition) is 7. The highest BCUT2D eigenvalue weighted by Gasteiger charge is 2.09. The van der Waals surface area contributed by atoms with Gasteiger partial charge in [0.2, 0.25) is 5.95 Å². The summed E-state index contributed by atoms with van der Waals surface area (Å²) >= 11 is 2.75. The first-order valence-corrected chi connectivity index (χ1v) is 8.42. The Kier molecular flexibility index (Phi) is 4.16. The highest BCUT2D eigenvalue weighted by molar-refractivity contribution is 7.16. The maximum atomic E-state index is 11.1. The Morgan fingerprint density at radius 1 is 1.29 bits per heavy atom. The van der Waals surface area contributed by atoms with Gasteiger partial charge in [0.05, 0.1) is 11.9 Å². The molecule has 21 heavy (non-hydrogen) atoms. The average Bonchev–Trinajstić information content (AvgIpc) is 3.11. The molecule has 0 unspecified atom stereocenters. The van der Waals surface area contributed by atoms with Crippen LogP contribution in [-0.4, -0.2) is 21.5 Å². The molecule has 0 aliphatic heterocycles. The lowest BCUT2D eigenvalue weighted by atomic mass is 10.3. The fourth-order valence-corrected chi connectivity index (χ4v) is 3.23. The minimum absolute atomic E-state index is 0.0412. The summed E-state index contributed by atoms with van der Waals surface area (Å²) in [6.07, 6.45) is 1.02. The zero-order chi connectivity index (χ0) is 14.7. The minimum atomic E-state index is -0.0412. The second-order valence-electron chi connectivity index (χ2n) is 4.49. The zero-order valence-electron chi connectivity index (χ0n) is 11.5. The molecule has 0 amide bonds. The van der Waals surface area contributed by atoms with E-state index in [0.717, 1.165) is 46.0 Å². The van der Waals surface area contributed by atoms with Crippen molar-refractivity contribution < 1.29 is 0 Å². The Morgan fingerprint density at radius 2 is 2.19 bits per heavy atom. The Hall–Kier alpha value is -1.93. The van der Waals surface area contributed by atoms with Gasteiger partial charge in [-0.1, -0.05) is 18.3 Å². The van der Waals surface area contributed by atoms with Gasteiger partial charge in [-0.25, -0.2) is 4.98 Å². The van der Waals surface area contributed by atoms with Crippen LogP contribution in [0.25, 0.3) is 10.2 Å². The van der Waals surface area contributed by atoms with E-state index in [0.29, 0.717) is 12.5 Å². The first-order chi connectivity index (χ1) is 10.3. The minimum Gasteiger partial charge on any atom is -0.364 e. The smallest absolute Gasteiger partial charge is 0.304 e. The van der Waals surface area contributed by atoms with Crippen molar-refractivity contribution in [2.45, 2.75) is 19.9 Å². The van der Waals surface area contributed by atoms with Crippen molar-refractivity contribution in [2.24, 2.45) is 0 Å². The van der Waals surface area contributed by atoms with Crippen LogP contribution in [0.4, 0.5) is 11.8 Å². The summed E-state index contributed by atoms with van der Waals surface area (Å²) in [6, 6.07) is 2.00. The molecule has 0 fully saturated rings. The number of aromatic nitrogens is 3. The number of nitrogens with one attached hydrogen (secondary N) is 3. The molecule has 0 aliphatic carbocycles. The Labute approximate surface area is 129 Å².